The molecule has 0 saturated carbocycles. The molecule has 15 atom stereocenters. The van der Waals surface area contributed by atoms with Crippen molar-refractivity contribution in [1.29, 1.82) is 0 Å². The number of benzene rings is 1. The van der Waals surface area contributed by atoms with E-state index in [0.717, 1.165) is 67.9 Å². The number of nitrogens with one attached hydrogen (secondary N) is 7. The molecule has 15 unspecified atom stereocenters. The summed E-state index contributed by atoms with van der Waals surface area (Å²) in [6.07, 6.45) is -15.1. The number of carbonyl (C=O) groups is 17. The number of esters is 10. The third kappa shape index (κ3) is 57.4. The predicted molar refractivity (Wildman–Crippen MR) is 488 cm³/mol. The van der Waals surface area contributed by atoms with Crippen LogP contribution in [0, 0.1) is 0 Å². The number of amides is 7. The van der Waals surface area contributed by atoms with Crippen molar-refractivity contribution in [1.82, 2.24) is 37.2 Å². The van der Waals surface area contributed by atoms with Crippen LogP contribution in [0.1, 0.15) is 134 Å². The summed E-state index contributed by atoms with van der Waals surface area (Å²) in [5, 5.41) is 19.1. The van der Waals surface area contributed by atoms with Gasteiger partial charge in [-0.3, -0.25) is 81.5 Å². The summed E-state index contributed by atoms with van der Waals surface area (Å²) in [5.74, 6) is -10.4. The van der Waals surface area contributed by atoms with E-state index in [1.54, 1.807) is 0 Å². The van der Waals surface area contributed by atoms with Gasteiger partial charge in [0.05, 0.1) is 178 Å². The van der Waals surface area contributed by atoms with Crippen LogP contribution in [0.5, 0.6) is 0 Å². The SMILES string of the molecule is CC(=O)NC1C(OCCOCCOCCOCCNC(=O)CCOCC(COCCC(=O)NCCOCCOCCOCCOC2OC(COC(C)=O)C(OC(C)=O)C(OC(C)=O)C2NC(C)=O)(COCCC(=O)NCCOCCOCCOCCOC2OC(COC(C)=O)C(OC(C)=O)C(OC(C)=O)C2NC(C)=O)NC(=O)CCCCC(=O)OCc2ccccc2)OC(COC(C)=O)C(OC(C)=O)C1OC(C)=O. The zero-order chi connectivity index (χ0) is 106. The van der Waals surface area contributed by atoms with Gasteiger partial charge in [0, 0.05) is 135 Å². The Kier molecular flexibility index (Phi) is 65.0. The van der Waals surface area contributed by atoms with Crippen molar-refractivity contribution in [3.8, 4) is 0 Å². The Balaban J connectivity index is 1.30. The van der Waals surface area contributed by atoms with E-state index in [1.807, 2.05) is 30.3 Å². The van der Waals surface area contributed by atoms with Crippen LogP contribution in [0.4, 0.5) is 0 Å². The molecule has 818 valence electrons. The van der Waals surface area contributed by atoms with E-state index >= 15 is 0 Å². The summed E-state index contributed by atoms with van der Waals surface area (Å²) >= 11 is 0. The molecule has 1 aromatic rings. The molecular weight excluding hydrogens is 1920 g/mol. The van der Waals surface area contributed by atoms with Crippen molar-refractivity contribution >= 4 is 101 Å². The highest BCUT2D eigenvalue weighted by atomic mass is 16.7. The number of ether oxygens (including phenoxy) is 28. The first-order valence-electron chi connectivity index (χ1n) is 47.2. The van der Waals surface area contributed by atoms with E-state index in [1.165, 1.54) is 20.8 Å². The molecule has 1 aromatic carbocycles. The maximum atomic E-state index is 14.0. The van der Waals surface area contributed by atoms with Gasteiger partial charge in [-0.1, -0.05) is 30.3 Å². The fourth-order valence-electron chi connectivity index (χ4n) is 13.9. The molecule has 0 bridgehead atoms. The second-order valence-corrected chi connectivity index (χ2v) is 32.4. The number of rotatable bonds is 77. The van der Waals surface area contributed by atoms with Gasteiger partial charge < -0.3 is 170 Å². The molecule has 3 aliphatic rings. The van der Waals surface area contributed by atoms with Crippen molar-refractivity contribution < 1.29 is 214 Å². The first-order chi connectivity index (χ1) is 68.9. The van der Waals surface area contributed by atoms with E-state index in [-0.39, 0.29) is 250 Å². The van der Waals surface area contributed by atoms with Gasteiger partial charge in [-0.05, 0) is 18.4 Å². The molecule has 4 rings (SSSR count). The lowest BCUT2D eigenvalue weighted by atomic mass is 9.96. The molecular formula is C92H145N7O45. The van der Waals surface area contributed by atoms with Gasteiger partial charge in [0.15, 0.2) is 55.5 Å². The monoisotopic (exact) mass is 2070 g/mol. The summed E-state index contributed by atoms with van der Waals surface area (Å²) in [5.41, 5.74) is -0.712. The van der Waals surface area contributed by atoms with Crippen molar-refractivity contribution in [3.63, 3.8) is 0 Å². The molecule has 144 heavy (non-hydrogen) atoms. The van der Waals surface area contributed by atoms with Gasteiger partial charge in [-0.2, -0.15) is 0 Å². The summed E-state index contributed by atoms with van der Waals surface area (Å²) in [6.45, 7) is 13.3. The third-order valence-electron chi connectivity index (χ3n) is 19.9. The van der Waals surface area contributed by atoms with Crippen LogP contribution in [0.2, 0.25) is 0 Å². The molecule has 0 radical (unpaired) electrons. The minimum atomic E-state index is -1.51. The number of unbranched alkanes of at least 4 members (excludes halogenated alkanes) is 1. The summed E-state index contributed by atoms with van der Waals surface area (Å²) in [7, 11) is 0. The van der Waals surface area contributed by atoms with Crippen LogP contribution >= 0.6 is 0 Å². The average molecular weight is 2070 g/mol. The number of hydrogen-bond donors (Lipinski definition) is 7. The molecule has 3 saturated heterocycles. The molecule has 3 fully saturated rings. The lowest BCUT2D eigenvalue weighted by molar-refractivity contribution is -0.279. The first kappa shape index (κ1) is 126. The van der Waals surface area contributed by atoms with Crippen LogP contribution in [0.25, 0.3) is 0 Å². The normalized spacial score (nSPS) is 21.0. The highest BCUT2D eigenvalue weighted by Crippen LogP contribution is 2.32. The molecule has 7 N–H and O–H groups in total. The van der Waals surface area contributed by atoms with Crippen LogP contribution in [-0.4, -0.2) is 416 Å². The Bertz CT molecular complexity index is 3680. The highest BCUT2D eigenvalue weighted by Gasteiger charge is 2.55. The zero-order valence-electron chi connectivity index (χ0n) is 83.9. The van der Waals surface area contributed by atoms with Crippen molar-refractivity contribution in [2.75, 3.05) is 218 Å². The Morgan fingerprint density at radius 3 is 0.812 bits per heavy atom. The average Bonchev–Trinajstić information content (AvgIpc) is 0.792. The van der Waals surface area contributed by atoms with Gasteiger partial charge in [0.2, 0.25) is 41.4 Å². The van der Waals surface area contributed by atoms with E-state index in [4.69, 9.17) is 133 Å². The van der Waals surface area contributed by atoms with Crippen LogP contribution in [-0.2, 0) is 221 Å². The van der Waals surface area contributed by atoms with Gasteiger partial charge in [-0.25, -0.2) is 0 Å². The molecule has 52 heteroatoms. The molecule has 0 aliphatic carbocycles. The van der Waals surface area contributed by atoms with Crippen molar-refractivity contribution in [3.05, 3.63) is 35.9 Å². The second kappa shape index (κ2) is 74.4. The minimum Gasteiger partial charge on any atom is -0.463 e. The lowest BCUT2D eigenvalue weighted by Gasteiger charge is -2.44. The molecule has 3 aliphatic heterocycles. The van der Waals surface area contributed by atoms with Crippen molar-refractivity contribution in [2.45, 2.75) is 232 Å². The summed E-state index contributed by atoms with van der Waals surface area (Å²) in [6, 6.07) is 5.62. The number of carbonyl (C=O) groups excluding carboxylic acids is 17. The van der Waals surface area contributed by atoms with Crippen LogP contribution in [0.15, 0.2) is 30.3 Å². The Labute approximate surface area is 835 Å². The third-order valence-corrected chi connectivity index (χ3v) is 19.9. The quantitative estimate of drug-likeness (QED) is 0.0208. The fraction of sp³-hybridized carbons (Fsp3) is 0.750. The maximum Gasteiger partial charge on any atom is 0.306 e. The van der Waals surface area contributed by atoms with Crippen molar-refractivity contribution in [2.24, 2.45) is 0 Å². The topological polar surface area (TPSA) is 633 Å². The number of hydrogen-bond acceptors (Lipinski definition) is 45. The van der Waals surface area contributed by atoms with E-state index < -0.39 is 218 Å². The van der Waals surface area contributed by atoms with E-state index in [0.29, 0.717) is 0 Å². The highest BCUT2D eigenvalue weighted by molar-refractivity contribution is 5.79. The molecule has 7 amide bonds. The van der Waals surface area contributed by atoms with Gasteiger partial charge in [0.1, 0.15) is 68.4 Å². The molecule has 0 spiro atoms. The van der Waals surface area contributed by atoms with Gasteiger partial charge in [-0.15, -0.1) is 0 Å². The Hall–Kier alpha value is -10.5. The van der Waals surface area contributed by atoms with Gasteiger partial charge >= 0.3 is 59.7 Å². The molecule has 0 aromatic heterocycles. The smallest absolute Gasteiger partial charge is 0.306 e. The maximum absolute atomic E-state index is 14.0. The fourth-order valence-corrected chi connectivity index (χ4v) is 13.9. The first-order valence-corrected chi connectivity index (χ1v) is 47.2. The van der Waals surface area contributed by atoms with E-state index in [2.05, 4.69) is 37.2 Å². The van der Waals surface area contributed by atoms with Gasteiger partial charge in [0.25, 0.3) is 0 Å². The lowest BCUT2D eigenvalue weighted by Crippen LogP contribution is -2.66. The molecule has 52 nitrogen and oxygen atoms in total. The van der Waals surface area contributed by atoms with Crippen LogP contribution in [0.3, 0.4) is 0 Å². The predicted octanol–water partition coefficient (Wildman–Crippen LogP) is -2.12. The summed E-state index contributed by atoms with van der Waals surface area (Å²) < 4.78 is 158. The Morgan fingerprint density at radius 2 is 0.542 bits per heavy atom. The molecule has 3 heterocycles. The Morgan fingerprint density at radius 1 is 0.278 bits per heavy atom. The van der Waals surface area contributed by atoms with Crippen LogP contribution < -0.4 is 37.2 Å². The second-order valence-electron chi connectivity index (χ2n) is 32.4. The zero-order valence-corrected chi connectivity index (χ0v) is 83.9. The minimum absolute atomic E-state index is 0.0104. The standard InChI is InChI=1S/C92H145N7O45/c1-59(100)96-80-86(139-68(10)109)83(136-65(7)106)72(53-132-62(4)103)142-89(80)129-49-46-123-43-40-120-37-34-117-31-25-93-75(112)22-28-126-56-92(99-78(115)20-16-17-21-79(116)135-52-71-18-14-13-15-19-71,57-127-29-23-76(113)94-26-32-118-35-38-121-41-44-124-47-50-130-90-81(97-60(2)101)87(140-69(11)110)84(137-66(8)107)73(143-90)54-133-63(5)104)58-128-30-24-77(114)95-27-33-119-36-39-122-42-45-125-48-51-131-91-82(98-61(3)102)88(141-70(12)111)85(138-67(9)108)74(144-91)55-134-64(6)105/h13-15,18-19,72-74,80-91H,16-17,20-58H2,1-12H3,(H,93,112)(H,94,113)(H,95,114)(H,96,100)(H,97,101)(H,98,102)(H,99,115). The summed E-state index contributed by atoms with van der Waals surface area (Å²) in [4.78, 5) is 211. The largest absolute Gasteiger partial charge is 0.463 e. The van der Waals surface area contributed by atoms with E-state index in [9.17, 15) is 81.5 Å².